The summed E-state index contributed by atoms with van der Waals surface area (Å²) in [7, 11) is 3.01. The average molecular weight is 407 g/mol. The Balaban J connectivity index is 1.83. The molecular formula is C19H16Cl2N2O4. The van der Waals surface area contributed by atoms with E-state index in [4.69, 9.17) is 43.1 Å². The van der Waals surface area contributed by atoms with Crippen LogP contribution in [0.2, 0.25) is 10.2 Å². The summed E-state index contributed by atoms with van der Waals surface area (Å²) in [6.07, 6.45) is 0. The van der Waals surface area contributed by atoms with Gasteiger partial charge in [-0.05, 0) is 24.3 Å². The van der Waals surface area contributed by atoms with Crippen molar-refractivity contribution in [2.24, 2.45) is 0 Å². The van der Waals surface area contributed by atoms with Crippen molar-refractivity contribution in [3.05, 3.63) is 57.7 Å². The number of nitrogens with two attached hydrogens (primary N) is 1. The molecule has 3 rings (SSSR count). The van der Waals surface area contributed by atoms with Crippen molar-refractivity contribution >= 4 is 45.8 Å². The number of nitrogens with zero attached hydrogens (tertiary/aromatic N) is 1. The summed E-state index contributed by atoms with van der Waals surface area (Å²) in [4.78, 5) is 16.8. The highest BCUT2D eigenvalue weighted by Crippen LogP contribution is 2.30. The molecule has 0 aliphatic carbocycles. The second kappa shape index (κ2) is 7.90. The van der Waals surface area contributed by atoms with Gasteiger partial charge in [0.05, 0.1) is 30.4 Å². The summed E-state index contributed by atoms with van der Waals surface area (Å²) < 4.78 is 15.7. The van der Waals surface area contributed by atoms with E-state index in [-0.39, 0.29) is 28.1 Å². The lowest BCUT2D eigenvalue weighted by Gasteiger charge is -2.12. The zero-order valence-corrected chi connectivity index (χ0v) is 16.1. The number of carbonyl (C=O) groups excluding carboxylic acids is 1. The van der Waals surface area contributed by atoms with Crippen molar-refractivity contribution in [2.45, 2.75) is 6.61 Å². The van der Waals surface area contributed by atoms with Crippen LogP contribution in [0.3, 0.4) is 0 Å². The van der Waals surface area contributed by atoms with E-state index < -0.39 is 5.97 Å². The van der Waals surface area contributed by atoms with Gasteiger partial charge in [-0.15, -0.1) is 0 Å². The Morgan fingerprint density at radius 1 is 1.11 bits per heavy atom. The van der Waals surface area contributed by atoms with Crippen LogP contribution in [-0.4, -0.2) is 25.2 Å². The predicted octanol–water partition coefficient (Wildman–Crippen LogP) is 4.50. The Hall–Kier alpha value is -2.70. The van der Waals surface area contributed by atoms with Gasteiger partial charge in [0.15, 0.2) is 0 Å². The monoisotopic (exact) mass is 406 g/mol. The van der Waals surface area contributed by atoms with Gasteiger partial charge in [0, 0.05) is 23.1 Å². The molecule has 1 heterocycles. The number of ether oxygens (including phenoxy) is 3. The summed E-state index contributed by atoms with van der Waals surface area (Å²) in [5.74, 6) is 0.342. The second-order valence-electron chi connectivity index (χ2n) is 5.65. The zero-order chi connectivity index (χ0) is 19.6. The molecule has 8 heteroatoms. The highest BCUT2D eigenvalue weighted by molar-refractivity contribution is 6.33. The molecule has 6 nitrogen and oxygen atoms in total. The zero-order valence-electron chi connectivity index (χ0n) is 14.6. The van der Waals surface area contributed by atoms with Crippen molar-refractivity contribution < 1.29 is 19.0 Å². The number of rotatable bonds is 5. The number of benzene rings is 2. The molecule has 0 amide bonds. The van der Waals surface area contributed by atoms with E-state index in [9.17, 15) is 4.79 Å². The van der Waals surface area contributed by atoms with Crippen LogP contribution in [0.4, 0.5) is 5.69 Å². The van der Waals surface area contributed by atoms with Crippen LogP contribution < -0.4 is 15.2 Å². The normalized spacial score (nSPS) is 10.7. The fourth-order valence-corrected chi connectivity index (χ4v) is 2.88. The van der Waals surface area contributed by atoms with Gasteiger partial charge in [0.1, 0.15) is 28.8 Å². The topological polar surface area (TPSA) is 83.7 Å². The van der Waals surface area contributed by atoms with E-state index in [1.165, 1.54) is 19.2 Å². The molecule has 27 heavy (non-hydrogen) atoms. The molecule has 0 aliphatic rings. The SMILES string of the molecule is COc1ccc2cc(COC(=O)c3cc(Cl)c(N)cc3OC)c(Cl)nc2c1. The van der Waals surface area contributed by atoms with Crippen LogP contribution >= 0.6 is 23.2 Å². The maximum atomic E-state index is 12.4. The summed E-state index contributed by atoms with van der Waals surface area (Å²) in [5, 5.41) is 1.33. The Labute approximate surface area is 165 Å². The lowest BCUT2D eigenvalue weighted by molar-refractivity contribution is 0.0469. The predicted molar refractivity (Wildman–Crippen MR) is 105 cm³/mol. The summed E-state index contributed by atoms with van der Waals surface area (Å²) >= 11 is 12.2. The number of aromatic nitrogens is 1. The molecule has 1 aromatic heterocycles. The van der Waals surface area contributed by atoms with Crippen molar-refractivity contribution in [1.29, 1.82) is 0 Å². The third-order valence-corrected chi connectivity index (χ3v) is 4.60. The fraction of sp³-hybridized carbons (Fsp3) is 0.158. The number of hydrogen-bond donors (Lipinski definition) is 1. The minimum Gasteiger partial charge on any atom is -0.497 e. The van der Waals surface area contributed by atoms with Gasteiger partial charge in [0.2, 0.25) is 0 Å². The van der Waals surface area contributed by atoms with Gasteiger partial charge >= 0.3 is 5.97 Å². The molecule has 0 saturated carbocycles. The highest BCUT2D eigenvalue weighted by atomic mass is 35.5. The highest BCUT2D eigenvalue weighted by Gasteiger charge is 2.17. The van der Waals surface area contributed by atoms with Gasteiger partial charge in [-0.25, -0.2) is 9.78 Å². The largest absolute Gasteiger partial charge is 0.497 e. The Bertz CT molecular complexity index is 1020. The Morgan fingerprint density at radius 3 is 2.59 bits per heavy atom. The molecular weight excluding hydrogens is 391 g/mol. The molecule has 0 unspecified atom stereocenters. The molecule has 0 spiro atoms. The fourth-order valence-electron chi connectivity index (χ4n) is 2.51. The maximum Gasteiger partial charge on any atom is 0.342 e. The first-order chi connectivity index (χ1) is 12.9. The van der Waals surface area contributed by atoms with Crippen LogP contribution in [0.5, 0.6) is 11.5 Å². The van der Waals surface area contributed by atoms with Crippen LogP contribution in [0.1, 0.15) is 15.9 Å². The van der Waals surface area contributed by atoms with Crippen LogP contribution in [0, 0.1) is 0 Å². The molecule has 3 aromatic rings. The maximum absolute atomic E-state index is 12.4. The minimum atomic E-state index is -0.611. The smallest absolute Gasteiger partial charge is 0.342 e. The molecule has 2 N–H and O–H groups in total. The standard InChI is InChI=1S/C19H16Cl2N2O4/c1-25-12-4-3-10-5-11(18(21)23-16(10)6-12)9-27-19(24)13-7-14(20)15(22)8-17(13)26-2/h3-8H,9,22H2,1-2H3. The van der Waals surface area contributed by atoms with Gasteiger partial charge < -0.3 is 19.9 Å². The van der Waals surface area contributed by atoms with Crippen LogP contribution in [0.15, 0.2) is 36.4 Å². The van der Waals surface area contributed by atoms with Crippen LogP contribution in [-0.2, 0) is 11.3 Å². The van der Waals surface area contributed by atoms with E-state index in [2.05, 4.69) is 4.98 Å². The first-order valence-corrected chi connectivity index (χ1v) is 8.62. The van der Waals surface area contributed by atoms with Crippen molar-refractivity contribution in [1.82, 2.24) is 4.98 Å². The van der Waals surface area contributed by atoms with Crippen molar-refractivity contribution in [3.63, 3.8) is 0 Å². The number of halogens is 2. The summed E-state index contributed by atoms with van der Waals surface area (Å²) in [6, 6.07) is 10.1. The van der Waals surface area contributed by atoms with Gasteiger partial charge in [0.25, 0.3) is 0 Å². The second-order valence-corrected chi connectivity index (χ2v) is 6.41. The average Bonchev–Trinajstić information content (AvgIpc) is 2.67. The number of fused-ring (bicyclic) bond motifs is 1. The number of hydrogen-bond acceptors (Lipinski definition) is 6. The van der Waals surface area contributed by atoms with Gasteiger partial charge in [-0.2, -0.15) is 0 Å². The number of methoxy groups -OCH3 is 2. The number of esters is 1. The lowest BCUT2D eigenvalue weighted by Crippen LogP contribution is -2.08. The van der Waals surface area contributed by atoms with E-state index in [1.54, 1.807) is 13.2 Å². The molecule has 0 bridgehead atoms. The first kappa shape index (κ1) is 19.1. The molecule has 0 radical (unpaired) electrons. The van der Waals surface area contributed by atoms with Crippen LogP contribution in [0.25, 0.3) is 10.9 Å². The number of carbonyl (C=O) groups is 1. The first-order valence-electron chi connectivity index (χ1n) is 7.86. The summed E-state index contributed by atoms with van der Waals surface area (Å²) in [6.45, 7) is -0.0578. The summed E-state index contributed by atoms with van der Waals surface area (Å²) in [5.41, 5.74) is 7.46. The van der Waals surface area contributed by atoms with Crippen molar-refractivity contribution in [3.8, 4) is 11.5 Å². The number of nitrogen functional groups attached to an aromatic ring is 1. The number of anilines is 1. The Morgan fingerprint density at radius 2 is 1.89 bits per heavy atom. The minimum absolute atomic E-state index is 0.0578. The van der Waals surface area contributed by atoms with Gasteiger partial charge in [-0.3, -0.25) is 0 Å². The molecule has 0 saturated heterocycles. The van der Waals surface area contributed by atoms with E-state index in [0.717, 1.165) is 5.39 Å². The van der Waals surface area contributed by atoms with E-state index in [1.807, 2.05) is 18.2 Å². The molecule has 0 fully saturated rings. The third-order valence-electron chi connectivity index (χ3n) is 3.95. The van der Waals surface area contributed by atoms with Crippen molar-refractivity contribution in [2.75, 3.05) is 20.0 Å². The quantitative estimate of drug-likeness (QED) is 0.381. The van der Waals surface area contributed by atoms with E-state index in [0.29, 0.717) is 22.5 Å². The molecule has 0 aliphatic heterocycles. The Kier molecular flexibility index (Phi) is 5.58. The molecule has 0 atom stereocenters. The number of pyridine rings is 1. The molecule has 140 valence electrons. The molecule has 2 aromatic carbocycles. The van der Waals surface area contributed by atoms with E-state index >= 15 is 0 Å². The van der Waals surface area contributed by atoms with Gasteiger partial charge in [-0.1, -0.05) is 23.2 Å². The third kappa shape index (κ3) is 4.02. The lowest BCUT2D eigenvalue weighted by atomic mass is 10.1.